The average molecular weight is 284 g/mol. The van der Waals surface area contributed by atoms with Gasteiger partial charge < -0.3 is 9.30 Å². The van der Waals surface area contributed by atoms with Crippen LogP contribution in [-0.2, 0) is 11.3 Å². The lowest BCUT2D eigenvalue weighted by Gasteiger charge is -2.08. The van der Waals surface area contributed by atoms with Crippen LogP contribution >= 0.6 is 0 Å². The van der Waals surface area contributed by atoms with E-state index in [-0.39, 0.29) is 5.41 Å². The first-order valence-electron chi connectivity index (χ1n) is 7.05. The van der Waals surface area contributed by atoms with E-state index in [2.05, 4.69) is 37.6 Å². The van der Waals surface area contributed by atoms with E-state index < -0.39 is 5.97 Å². The molecule has 4 nitrogen and oxygen atoms in total. The molecule has 0 unspecified atom stereocenters. The van der Waals surface area contributed by atoms with Crippen molar-refractivity contribution in [1.82, 2.24) is 9.55 Å². The van der Waals surface area contributed by atoms with E-state index in [9.17, 15) is 4.79 Å². The molecule has 4 heteroatoms. The van der Waals surface area contributed by atoms with Crippen LogP contribution in [-0.4, -0.2) is 22.1 Å². The number of para-hydroxylation sites is 2. The maximum atomic E-state index is 12.0. The van der Waals surface area contributed by atoms with Gasteiger partial charge in [0.25, 0.3) is 0 Å². The fraction of sp³-hybridized carbons (Fsp3) is 0.412. The number of imidazole rings is 1. The summed E-state index contributed by atoms with van der Waals surface area (Å²) in [6.07, 6.45) is 0. The van der Waals surface area contributed by atoms with Crippen LogP contribution in [0.25, 0.3) is 11.0 Å². The van der Waals surface area contributed by atoms with Crippen LogP contribution in [0.1, 0.15) is 38.3 Å². The number of aromatic nitrogens is 2. The van der Waals surface area contributed by atoms with Gasteiger partial charge >= 0.3 is 5.97 Å². The molecule has 0 bridgehead atoms. The quantitative estimate of drug-likeness (QED) is 0.642. The number of hydrogen-bond donors (Lipinski definition) is 0. The molecule has 1 heterocycles. The molecule has 0 aliphatic carbocycles. The number of esters is 1. The van der Waals surface area contributed by atoms with E-state index in [4.69, 9.17) is 4.74 Å². The molecule has 1 aromatic carbocycles. The average Bonchev–Trinajstić information content (AvgIpc) is 2.77. The molecule has 0 aliphatic rings. The summed E-state index contributed by atoms with van der Waals surface area (Å²) in [6, 6.07) is 7.64. The number of nitrogens with zero attached hydrogens (tertiary/aromatic N) is 2. The summed E-state index contributed by atoms with van der Waals surface area (Å²) in [5.74, 6) is 6.19. The Morgan fingerprint density at radius 2 is 2.05 bits per heavy atom. The molecule has 2 aromatic rings. The molecule has 0 N–H and O–H groups in total. The molecule has 0 atom stereocenters. The predicted octanol–water partition coefficient (Wildman–Crippen LogP) is 3.26. The molecule has 2 rings (SSSR count). The number of carbonyl (C=O) groups excluding carboxylic acids is 1. The number of hydrogen-bond acceptors (Lipinski definition) is 3. The number of rotatable bonds is 3. The van der Waals surface area contributed by atoms with Gasteiger partial charge in [0.05, 0.1) is 24.2 Å². The van der Waals surface area contributed by atoms with Gasteiger partial charge in [-0.25, -0.2) is 9.78 Å². The highest BCUT2D eigenvalue weighted by molar-refractivity contribution is 5.91. The van der Waals surface area contributed by atoms with Gasteiger partial charge in [0, 0.05) is 5.41 Å². The molecule has 0 aliphatic heterocycles. The van der Waals surface area contributed by atoms with E-state index in [1.54, 1.807) is 6.92 Å². The lowest BCUT2D eigenvalue weighted by Crippen LogP contribution is -2.13. The largest absolute Gasteiger partial charge is 0.460 e. The van der Waals surface area contributed by atoms with E-state index >= 15 is 0 Å². The van der Waals surface area contributed by atoms with Gasteiger partial charge in [-0.1, -0.05) is 24.0 Å². The summed E-state index contributed by atoms with van der Waals surface area (Å²) in [5, 5.41) is 0. The minimum Gasteiger partial charge on any atom is -0.460 e. The van der Waals surface area contributed by atoms with Crippen LogP contribution in [0.5, 0.6) is 0 Å². The van der Waals surface area contributed by atoms with Gasteiger partial charge in [0.15, 0.2) is 0 Å². The Morgan fingerprint density at radius 1 is 1.33 bits per heavy atom. The van der Waals surface area contributed by atoms with Gasteiger partial charge in [-0.2, -0.15) is 0 Å². The summed E-state index contributed by atoms with van der Waals surface area (Å²) >= 11 is 0. The predicted molar refractivity (Wildman–Crippen MR) is 82.9 cm³/mol. The van der Waals surface area contributed by atoms with E-state index in [1.807, 2.05) is 28.8 Å². The first-order chi connectivity index (χ1) is 9.92. The summed E-state index contributed by atoms with van der Waals surface area (Å²) in [7, 11) is 0. The topological polar surface area (TPSA) is 44.1 Å². The van der Waals surface area contributed by atoms with Crippen molar-refractivity contribution in [1.29, 1.82) is 0 Å². The first kappa shape index (κ1) is 15.1. The SMILES string of the molecule is CCOC(=O)c1nc2ccccc2n1CC#CC(C)(C)C. The summed E-state index contributed by atoms with van der Waals surface area (Å²) < 4.78 is 6.89. The Hall–Kier alpha value is -2.28. The molecular weight excluding hydrogens is 264 g/mol. The van der Waals surface area contributed by atoms with Gasteiger partial charge in [-0.15, -0.1) is 0 Å². The zero-order chi connectivity index (χ0) is 15.5. The standard InChI is InChI=1S/C17H20N2O2/c1-5-21-16(20)15-18-13-9-6-7-10-14(13)19(15)12-8-11-17(2,3)4/h6-7,9-10H,5,12H2,1-4H3. The molecule has 0 radical (unpaired) electrons. The lowest BCUT2D eigenvalue weighted by molar-refractivity contribution is 0.0508. The highest BCUT2D eigenvalue weighted by Gasteiger charge is 2.17. The van der Waals surface area contributed by atoms with Crippen LogP contribution in [0.2, 0.25) is 0 Å². The Labute approximate surface area is 125 Å². The third-order valence-electron chi connectivity index (χ3n) is 2.81. The number of ether oxygens (including phenoxy) is 1. The molecule has 0 saturated carbocycles. The second kappa shape index (κ2) is 6.01. The number of fused-ring (bicyclic) bond motifs is 1. The Balaban J connectivity index is 2.45. The fourth-order valence-electron chi connectivity index (χ4n) is 1.97. The minimum atomic E-state index is -0.411. The van der Waals surface area contributed by atoms with E-state index in [0.717, 1.165) is 11.0 Å². The zero-order valence-corrected chi connectivity index (χ0v) is 12.9. The highest BCUT2D eigenvalue weighted by Crippen LogP contribution is 2.17. The van der Waals surface area contributed by atoms with Gasteiger partial charge in [-0.3, -0.25) is 0 Å². The third kappa shape index (κ3) is 3.63. The van der Waals surface area contributed by atoms with E-state index in [1.165, 1.54) is 0 Å². The van der Waals surface area contributed by atoms with Crippen molar-refractivity contribution in [3.8, 4) is 11.8 Å². The lowest BCUT2D eigenvalue weighted by atomic mass is 9.98. The van der Waals surface area contributed by atoms with Gasteiger partial charge in [0.2, 0.25) is 5.82 Å². The normalized spacial score (nSPS) is 11.0. The molecule has 0 amide bonds. The molecule has 0 saturated heterocycles. The Kier molecular flexibility index (Phi) is 4.32. The summed E-state index contributed by atoms with van der Waals surface area (Å²) in [5.41, 5.74) is 1.60. The van der Waals surface area contributed by atoms with E-state index in [0.29, 0.717) is 19.0 Å². The molecule has 21 heavy (non-hydrogen) atoms. The zero-order valence-electron chi connectivity index (χ0n) is 12.9. The van der Waals surface area contributed by atoms with Crippen LogP contribution in [0.4, 0.5) is 0 Å². The minimum absolute atomic E-state index is 0.0690. The summed E-state index contributed by atoms with van der Waals surface area (Å²) in [6.45, 7) is 8.70. The van der Waals surface area contributed by atoms with Crippen molar-refractivity contribution < 1.29 is 9.53 Å². The van der Waals surface area contributed by atoms with Crippen molar-refractivity contribution >= 4 is 17.0 Å². The smallest absolute Gasteiger partial charge is 0.374 e. The van der Waals surface area contributed by atoms with Crippen molar-refractivity contribution in [3.63, 3.8) is 0 Å². The fourth-order valence-corrected chi connectivity index (χ4v) is 1.97. The highest BCUT2D eigenvalue weighted by atomic mass is 16.5. The molecule has 110 valence electrons. The van der Waals surface area contributed by atoms with Gasteiger partial charge in [-0.05, 0) is 39.8 Å². The van der Waals surface area contributed by atoms with Gasteiger partial charge in [0.1, 0.15) is 0 Å². The number of benzene rings is 1. The molecule has 1 aromatic heterocycles. The second-order valence-corrected chi connectivity index (χ2v) is 5.78. The van der Waals surface area contributed by atoms with Crippen LogP contribution in [0, 0.1) is 17.3 Å². The van der Waals surface area contributed by atoms with Crippen LogP contribution in [0.15, 0.2) is 24.3 Å². The monoisotopic (exact) mass is 284 g/mol. The van der Waals surface area contributed by atoms with Crippen molar-refractivity contribution in [3.05, 3.63) is 30.1 Å². The van der Waals surface area contributed by atoms with Crippen molar-refractivity contribution in [2.24, 2.45) is 5.41 Å². The van der Waals surface area contributed by atoms with Crippen LogP contribution in [0.3, 0.4) is 0 Å². The maximum Gasteiger partial charge on any atom is 0.374 e. The molecule has 0 fully saturated rings. The van der Waals surface area contributed by atoms with Crippen molar-refractivity contribution in [2.45, 2.75) is 34.2 Å². The maximum absolute atomic E-state index is 12.0. The van der Waals surface area contributed by atoms with Crippen LogP contribution < -0.4 is 0 Å². The first-order valence-corrected chi connectivity index (χ1v) is 7.05. The Bertz CT molecular complexity index is 712. The molecule has 0 spiro atoms. The second-order valence-electron chi connectivity index (χ2n) is 5.78. The number of carbonyl (C=O) groups is 1. The molecular formula is C17H20N2O2. The van der Waals surface area contributed by atoms with Crippen molar-refractivity contribution in [2.75, 3.05) is 6.61 Å². The third-order valence-corrected chi connectivity index (χ3v) is 2.81. The summed E-state index contributed by atoms with van der Waals surface area (Å²) in [4.78, 5) is 16.4. The Morgan fingerprint density at radius 3 is 2.71 bits per heavy atom.